The van der Waals surface area contributed by atoms with Crippen LogP contribution in [0.15, 0.2) is 23.1 Å². The number of nitrogens with one attached hydrogen (secondary N) is 1. The molecule has 0 spiro atoms. The molecule has 114 valence electrons. The highest BCUT2D eigenvalue weighted by Gasteiger charge is 2.41. The monoisotopic (exact) mass is 332 g/mol. The first kappa shape index (κ1) is 15.9. The first-order valence-corrected chi connectivity index (χ1v) is 9.31. The lowest BCUT2D eigenvalue weighted by molar-refractivity contribution is 0.461. The molecule has 2 rings (SSSR count). The molecule has 1 fully saturated rings. The van der Waals surface area contributed by atoms with Gasteiger partial charge in [-0.2, -0.15) is 5.26 Å². The first-order chi connectivity index (χ1) is 9.57. The average molecular weight is 332 g/mol. The Morgan fingerprint density at radius 2 is 2.10 bits per heavy atom. The van der Waals surface area contributed by atoms with Gasteiger partial charge in [0.2, 0.25) is 10.0 Å². The van der Waals surface area contributed by atoms with Gasteiger partial charge in [-0.3, -0.25) is 0 Å². The highest BCUT2D eigenvalue weighted by atomic mass is 32.2. The minimum atomic E-state index is -4.03. The van der Waals surface area contributed by atoms with E-state index in [0.29, 0.717) is 0 Å². The summed E-state index contributed by atoms with van der Waals surface area (Å²) < 4.78 is 63.0. The van der Waals surface area contributed by atoms with Crippen molar-refractivity contribution in [3.8, 4) is 6.07 Å². The van der Waals surface area contributed by atoms with E-state index in [4.69, 9.17) is 5.26 Å². The van der Waals surface area contributed by atoms with Gasteiger partial charge < -0.3 is 0 Å². The third-order valence-electron chi connectivity index (χ3n) is 3.25. The number of hydrogen-bond donors (Lipinski definition) is 1. The molecule has 1 aliphatic heterocycles. The van der Waals surface area contributed by atoms with Gasteiger partial charge in [0.05, 0.1) is 22.0 Å². The maximum Gasteiger partial charge on any atom is 0.241 e. The number of nitrogens with zero attached hydrogens (tertiary/aromatic N) is 1. The summed E-state index contributed by atoms with van der Waals surface area (Å²) in [6.45, 7) is 1.50. The summed E-state index contributed by atoms with van der Waals surface area (Å²) in [4.78, 5) is -0.272. The Hall–Kier alpha value is -1.50. The Labute approximate surface area is 122 Å². The molecule has 1 heterocycles. The summed E-state index contributed by atoms with van der Waals surface area (Å²) in [5.74, 6) is -1.18. The normalized spacial score (nSPS) is 24.6. The minimum Gasteiger partial charge on any atom is -0.229 e. The van der Waals surface area contributed by atoms with Crippen LogP contribution in [0.25, 0.3) is 0 Å². The average Bonchev–Trinajstić information content (AvgIpc) is 2.62. The van der Waals surface area contributed by atoms with Crippen LogP contribution in [0.1, 0.15) is 18.9 Å². The van der Waals surface area contributed by atoms with E-state index in [1.165, 1.54) is 6.92 Å². The quantitative estimate of drug-likeness (QED) is 0.870. The van der Waals surface area contributed by atoms with Crippen LogP contribution in [-0.2, 0) is 19.9 Å². The fourth-order valence-electron chi connectivity index (χ4n) is 2.23. The molecule has 1 aromatic carbocycles. The van der Waals surface area contributed by atoms with Crippen molar-refractivity contribution in [1.29, 1.82) is 5.26 Å². The van der Waals surface area contributed by atoms with Crippen molar-refractivity contribution in [3.63, 3.8) is 0 Å². The summed E-state index contributed by atoms with van der Waals surface area (Å²) in [6.07, 6.45) is 0.168. The van der Waals surface area contributed by atoms with Gasteiger partial charge in [0.1, 0.15) is 11.9 Å². The maximum atomic E-state index is 13.2. The van der Waals surface area contributed by atoms with Gasteiger partial charge in [-0.25, -0.2) is 25.9 Å². The van der Waals surface area contributed by atoms with Crippen molar-refractivity contribution in [2.45, 2.75) is 23.8 Å². The third kappa shape index (κ3) is 3.40. The van der Waals surface area contributed by atoms with Crippen LogP contribution in [0, 0.1) is 17.1 Å². The van der Waals surface area contributed by atoms with E-state index in [9.17, 15) is 21.2 Å². The van der Waals surface area contributed by atoms with Crippen molar-refractivity contribution < 1.29 is 21.2 Å². The Balaban J connectivity index is 2.34. The van der Waals surface area contributed by atoms with E-state index < -0.39 is 31.2 Å². The Kier molecular flexibility index (Phi) is 3.82. The highest BCUT2D eigenvalue weighted by molar-refractivity contribution is 7.92. The summed E-state index contributed by atoms with van der Waals surface area (Å²) >= 11 is 0. The molecule has 1 aromatic rings. The van der Waals surface area contributed by atoms with Crippen LogP contribution in [0.5, 0.6) is 0 Å². The second-order valence-electron chi connectivity index (χ2n) is 5.26. The van der Waals surface area contributed by atoms with E-state index >= 15 is 0 Å². The number of sulfone groups is 1. The number of rotatable bonds is 3. The number of hydrogen-bond acceptors (Lipinski definition) is 5. The van der Waals surface area contributed by atoms with Crippen molar-refractivity contribution in [3.05, 3.63) is 29.6 Å². The molecule has 0 aliphatic carbocycles. The predicted octanol–water partition coefficient (Wildman–Crippen LogP) is 0.553. The molecular formula is C12H13FN2O4S2. The number of benzene rings is 1. The topological polar surface area (TPSA) is 104 Å². The van der Waals surface area contributed by atoms with E-state index in [1.54, 1.807) is 6.07 Å². The molecule has 1 atom stereocenters. The fraction of sp³-hybridized carbons (Fsp3) is 0.417. The van der Waals surface area contributed by atoms with Crippen LogP contribution in [0.3, 0.4) is 0 Å². The van der Waals surface area contributed by atoms with E-state index in [0.717, 1.165) is 18.2 Å². The second kappa shape index (κ2) is 5.05. The minimum absolute atomic E-state index is 0.0844. The zero-order chi connectivity index (χ0) is 15.9. The van der Waals surface area contributed by atoms with Gasteiger partial charge in [0.25, 0.3) is 0 Å². The maximum absolute atomic E-state index is 13.2. The zero-order valence-corrected chi connectivity index (χ0v) is 12.8. The molecule has 1 unspecified atom stereocenters. The molecule has 1 saturated heterocycles. The zero-order valence-electron chi connectivity index (χ0n) is 11.1. The lowest BCUT2D eigenvalue weighted by Gasteiger charge is -2.23. The largest absolute Gasteiger partial charge is 0.241 e. The smallest absolute Gasteiger partial charge is 0.229 e. The van der Waals surface area contributed by atoms with Gasteiger partial charge in [-0.15, -0.1) is 0 Å². The van der Waals surface area contributed by atoms with Crippen molar-refractivity contribution in [2.75, 3.05) is 11.5 Å². The predicted molar refractivity (Wildman–Crippen MR) is 73.1 cm³/mol. The Bertz CT molecular complexity index is 827. The Morgan fingerprint density at radius 3 is 2.62 bits per heavy atom. The molecule has 1 aliphatic rings. The molecule has 0 aromatic heterocycles. The molecule has 0 saturated carbocycles. The lowest BCUT2D eigenvalue weighted by atomic mass is 10.0. The van der Waals surface area contributed by atoms with E-state index in [1.807, 2.05) is 0 Å². The van der Waals surface area contributed by atoms with E-state index in [2.05, 4.69) is 4.72 Å². The standard InChI is InChI=1S/C12H13FN2O4S2/c1-12(4-5-20(16,17)8-12)15-21(18,19)10-2-3-11(13)9(6-10)7-14/h2-3,6,15H,4-5,8H2,1H3. The van der Waals surface area contributed by atoms with Crippen LogP contribution in [0.2, 0.25) is 0 Å². The summed E-state index contributed by atoms with van der Waals surface area (Å²) in [6, 6.07) is 4.40. The molecule has 0 bridgehead atoms. The summed E-state index contributed by atoms with van der Waals surface area (Å²) in [5.41, 5.74) is -1.49. The van der Waals surface area contributed by atoms with Crippen molar-refractivity contribution >= 4 is 19.9 Å². The molecule has 6 nitrogen and oxygen atoms in total. The van der Waals surface area contributed by atoms with Gasteiger partial charge >= 0.3 is 0 Å². The van der Waals surface area contributed by atoms with Crippen LogP contribution in [-0.4, -0.2) is 33.9 Å². The molecule has 1 N–H and O–H groups in total. The summed E-state index contributed by atoms with van der Waals surface area (Å²) in [5, 5.41) is 8.73. The van der Waals surface area contributed by atoms with Crippen LogP contribution in [0.4, 0.5) is 4.39 Å². The van der Waals surface area contributed by atoms with Crippen molar-refractivity contribution in [2.24, 2.45) is 0 Å². The third-order valence-corrected chi connectivity index (χ3v) is 6.79. The molecule has 0 radical (unpaired) electrons. The highest BCUT2D eigenvalue weighted by Crippen LogP contribution is 2.25. The number of nitriles is 1. The van der Waals surface area contributed by atoms with Crippen LogP contribution < -0.4 is 4.72 Å². The SMILES string of the molecule is CC1(NS(=O)(=O)c2ccc(F)c(C#N)c2)CCS(=O)(=O)C1. The molecular weight excluding hydrogens is 319 g/mol. The van der Waals surface area contributed by atoms with Gasteiger partial charge in [0.15, 0.2) is 9.84 Å². The molecule has 21 heavy (non-hydrogen) atoms. The lowest BCUT2D eigenvalue weighted by Crippen LogP contribution is -2.46. The second-order valence-corrected chi connectivity index (χ2v) is 9.13. The fourth-order valence-corrected chi connectivity index (χ4v) is 5.88. The van der Waals surface area contributed by atoms with Gasteiger partial charge in [-0.1, -0.05) is 0 Å². The number of sulfonamides is 1. The Morgan fingerprint density at radius 1 is 1.43 bits per heavy atom. The van der Waals surface area contributed by atoms with E-state index in [-0.39, 0.29) is 28.4 Å². The van der Waals surface area contributed by atoms with Crippen molar-refractivity contribution in [1.82, 2.24) is 4.72 Å². The van der Waals surface area contributed by atoms with Crippen LogP contribution >= 0.6 is 0 Å². The van der Waals surface area contributed by atoms with Gasteiger partial charge in [0, 0.05) is 5.54 Å². The number of halogens is 1. The molecule has 0 amide bonds. The van der Waals surface area contributed by atoms with Gasteiger partial charge in [-0.05, 0) is 31.5 Å². The molecule has 9 heteroatoms. The summed E-state index contributed by atoms with van der Waals surface area (Å²) in [7, 11) is -7.30. The first-order valence-electron chi connectivity index (χ1n) is 6.01.